The van der Waals surface area contributed by atoms with Gasteiger partial charge in [0, 0.05) is 5.69 Å². The molecule has 0 aliphatic heterocycles. The van der Waals surface area contributed by atoms with Gasteiger partial charge in [0.1, 0.15) is 11.5 Å². The van der Waals surface area contributed by atoms with E-state index in [-0.39, 0.29) is 5.75 Å². The van der Waals surface area contributed by atoms with E-state index in [9.17, 15) is 8.78 Å². The predicted molar refractivity (Wildman–Crippen MR) is 77.0 cm³/mol. The number of rotatable bonds is 6. The molecule has 0 saturated heterocycles. The van der Waals surface area contributed by atoms with Gasteiger partial charge in [0.15, 0.2) is 0 Å². The lowest BCUT2D eigenvalue weighted by atomic mass is 10.2. The van der Waals surface area contributed by atoms with Crippen LogP contribution in [0.5, 0.6) is 0 Å². The number of nitrogens with zero attached hydrogens (tertiary/aromatic N) is 1. The van der Waals surface area contributed by atoms with Crippen molar-refractivity contribution in [3.8, 4) is 0 Å². The average Bonchev–Trinajstić information content (AvgIpc) is 2.83. The van der Waals surface area contributed by atoms with E-state index >= 15 is 0 Å². The summed E-state index contributed by atoms with van der Waals surface area (Å²) in [7, 11) is 0. The van der Waals surface area contributed by atoms with Crippen LogP contribution < -0.4 is 5.32 Å². The molecule has 0 aliphatic carbocycles. The van der Waals surface area contributed by atoms with Gasteiger partial charge in [-0.05, 0) is 38.1 Å². The monoisotopic (exact) mass is 298 g/mol. The normalized spacial score (nSPS) is 11.1. The molecule has 0 aliphatic rings. The van der Waals surface area contributed by atoms with Gasteiger partial charge in [0.2, 0.25) is 0 Å². The molecule has 2 aromatic heterocycles. The van der Waals surface area contributed by atoms with Gasteiger partial charge in [-0.25, -0.2) is 0 Å². The van der Waals surface area contributed by atoms with Crippen LogP contribution in [0.1, 0.15) is 22.9 Å². The highest BCUT2D eigenvalue weighted by atomic mass is 32.2. The number of hydrogen-bond donors (Lipinski definition) is 1. The first-order valence-corrected chi connectivity index (χ1v) is 7.25. The van der Waals surface area contributed by atoms with E-state index in [1.165, 1.54) is 0 Å². The molecule has 0 spiro atoms. The van der Waals surface area contributed by atoms with Crippen LogP contribution in [0.25, 0.3) is 0 Å². The SMILES string of the molecule is Cc1ccc(NCc2ccc(CSC(F)F)o2)c(C)n1. The van der Waals surface area contributed by atoms with Crippen molar-refractivity contribution in [2.24, 2.45) is 0 Å². The van der Waals surface area contributed by atoms with Crippen LogP contribution in [-0.2, 0) is 12.3 Å². The topological polar surface area (TPSA) is 38.1 Å². The zero-order chi connectivity index (χ0) is 14.5. The van der Waals surface area contributed by atoms with Crippen LogP contribution in [0.4, 0.5) is 14.5 Å². The van der Waals surface area contributed by atoms with Crippen LogP contribution in [0.2, 0.25) is 0 Å². The number of aryl methyl sites for hydroxylation is 2. The van der Waals surface area contributed by atoms with Gasteiger partial charge < -0.3 is 9.73 Å². The molecule has 0 unspecified atom stereocenters. The number of alkyl halides is 2. The molecule has 0 amide bonds. The number of thioether (sulfide) groups is 1. The average molecular weight is 298 g/mol. The standard InChI is InChI=1S/C14H16F2N2OS/c1-9-3-6-13(10(2)18-9)17-7-11-4-5-12(19-11)8-20-14(15)16/h3-6,14,17H,7-8H2,1-2H3. The number of aromatic nitrogens is 1. The van der Waals surface area contributed by atoms with Gasteiger partial charge in [-0.3, -0.25) is 4.98 Å². The fraction of sp³-hybridized carbons (Fsp3) is 0.357. The largest absolute Gasteiger partial charge is 0.463 e. The lowest BCUT2D eigenvalue weighted by Crippen LogP contribution is -2.01. The van der Waals surface area contributed by atoms with Gasteiger partial charge in [0.25, 0.3) is 5.76 Å². The minimum absolute atomic E-state index is 0.183. The second-order valence-electron chi connectivity index (χ2n) is 4.38. The summed E-state index contributed by atoms with van der Waals surface area (Å²) in [5.41, 5.74) is 2.83. The molecule has 6 heteroatoms. The highest BCUT2D eigenvalue weighted by Gasteiger charge is 2.07. The summed E-state index contributed by atoms with van der Waals surface area (Å²) in [5.74, 6) is -0.911. The molecule has 0 bridgehead atoms. The number of halogens is 2. The molecule has 3 nitrogen and oxygen atoms in total. The quantitative estimate of drug-likeness (QED) is 0.860. The van der Waals surface area contributed by atoms with Crippen molar-refractivity contribution < 1.29 is 13.2 Å². The molecular weight excluding hydrogens is 282 g/mol. The van der Waals surface area contributed by atoms with E-state index in [1.807, 2.05) is 26.0 Å². The Morgan fingerprint density at radius 1 is 1.20 bits per heavy atom. The summed E-state index contributed by atoms with van der Waals surface area (Å²) < 4.78 is 29.6. The molecular formula is C14H16F2N2OS. The fourth-order valence-electron chi connectivity index (χ4n) is 1.80. The third-order valence-corrected chi connectivity index (χ3v) is 3.45. The van der Waals surface area contributed by atoms with Crippen LogP contribution in [-0.4, -0.2) is 10.7 Å². The predicted octanol–water partition coefficient (Wildman–Crippen LogP) is 4.36. The summed E-state index contributed by atoms with van der Waals surface area (Å²) in [4.78, 5) is 4.36. The Bertz CT molecular complexity index is 572. The first-order chi connectivity index (χ1) is 9.54. The third kappa shape index (κ3) is 4.23. The molecule has 2 aromatic rings. The maximum atomic E-state index is 12.1. The lowest BCUT2D eigenvalue weighted by molar-refractivity contribution is 0.251. The Morgan fingerprint density at radius 2 is 1.95 bits per heavy atom. The Hall–Kier alpha value is -1.56. The van der Waals surface area contributed by atoms with Gasteiger partial charge in [-0.2, -0.15) is 8.78 Å². The molecule has 0 fully saturated rings. The molecule has 0 radical (unpaired) electrons. The molecule has 20 heavy (non-hydrogen) atoms. The molecule has 1 N–H and O–H groups in total. The zero-order valence-corrected chi connectivity index (χ0v) is 12.1. The first-order valence-electron chi connectivity index (χ1n) is 6.20. The Balaban J connectivity index is 1.90. The van der Waals surface area contributed by atoms with Crippen molar-refractivity contribution in [3.05, 3.63) is 47.2 Å². The first kappa shape index (κ1) is 14.8. The molecule has 0 atom stereocenters. The number of hydrogen-bond acceptors (Lipinski definition) is 4. The number of pyridine rings is 1. The van der Waals surface area contributed by atoms with Gasteiger partial charge in [-0.1, -0.05) is 11.8 Å². The second-order valence-corrected chi connectivity index (χ2v) is 5.36. The van der Waals surface area contributed by atoms with Crippen LogP contribution in [0.15, 0.2) is 28.7 Å². The number of nitrogens with one attached hydrogen (secondary N) is 1. The molecule has 2 heterocycles. The Morgan fingerprint density at radius 3 is 2.65 bits per heavy atom. The second kappa shape index (κ2) is 6.74. The molecule has 2 rings (SSSR count). The summed E-state index contributed by atoms with van der Waals surface area (Å²) in [6.07, 6.45) is 0. The van der Waals surface area contributed by atoms with Crippen molar-refractivity contribution >= 4 is 17.4 Å². The highest BCUT2D eigenvalue weighted by molar-refractivity contribution is 7.98. The summed E-state index contributed by atoms with van der Waals surface area (Å²) in [5, 5.41) is 3.22. The molecule has 0 saturated carbocycles. The van der Waals surface area contributed by atoms with Crippen molar-refractivity contribution in [2.75, 3.05) is 5.32 Å². The van der Waals surface area contributed by atoms with E-state index in [0.29, 0.717) is 24.1 Å². The zero-order valence-electron chi connectivity index (χ0n) is 11.3. The molecule has 0 aromatic carbocycles. The van der Waals surface area contributed by atoms with E-state index in [0.717, 1.165) is 22.8 Å². The summed E-state index contributed by atoms with van der Waals surface area (Å²) in [6, 6.07) is 7.42. The van der Waals surface area contributed by atoms with Crippen LogP contribution in [0.3, 0.4) is 0 Å². The van der Waals surface area contributed by atoms with Crippen molar-refractivity contribution in [2.45, 2.75) is 31.9 Å². The third-order valence-electron chi connectivity index (χ3n) is 2.75. The smallest absolute Gasteiger partial charge is 0.284 e. The highest BCUT2D eigenvalue weighted by Crippen LogP contribution is 2.22. The van der Waals surface area contributed by atoms with E-state index in [1.54, 1.807) is 12.1 Å². The maximum Gasteiger partial charge on any atom is 0.284 e. The lowest BCUT2D eigenvalue weighted by Gasteiger charge is -2.08. The minimum Gasteiger partial charge on any atom is -0.463 e. The summed E-state index contributed by atoms with van der Waals surface area (Å²) >= 11 is 0.559. The Kier molecular flexibility index (Phi) is 5.00. The van der Waals surface area contributed by atoms with Crippen molar-refractivity contribution in [1.82, 2.24) is 4.98 Å². The maximum absolute atomic E-state index is 12.1. The van der Waals surface area contributed by atoms with Gasteiger partial charge >= 0.3 is 0 Å². The molecule has 108 valence electrons. The van der Waals surface area contributed by atoms with Crippen LogP contribution in [0, 0.1) is 13.8 Å². The van der Waals surface area contributed by atoms with E-state index in [4.69, 9.17) is 4.42 Å². The van der Waals surface area contributed by atoms with Crippen molar-refractivity contribution in [3.63, 3.8) is 0 Å². The minimum atomic E-state index is -2.37. The van der Waals surface area contributed by atoms with E-state index < -0.39 is 5.76 Å². The van der Waals surface area contributed by atoms with Gasteiger partial charge in [0.05, 0.1) is 23.7 Å². The van der Waals surface area contributed by atoms with Crippen molar-refractivity contribution in [1.29, 1.82) is 0 Å². The fourth-order valence-corrected chi connectivity index (χ4v) is 2.24. The number of anilines is 1. The van der Waals surface area contributed by atoms with Gasteiger partial charge in [-0.15, -0.1) is 0 Å². The Labute approximate surface area is 120 Å². The van der Waals surface area contributed by atoms with Crippen LogP contribution >= 0.6 is 11.8 Å². The summed E-state index contributed by atoms with van der Waals surface area (Å²) in [6.45, 7) is 4.38. The van der Waals surface area contributed by atoms with E-state index in [2.05, 4.69) is 10.3 Å². The number of furan rings is 1.